The predicted octanol–water partition coefficient (Wildman–Crippen LogP) is 4.29. The highest BCUT2D eigenvalue weighted by molar-refractivity contribution is 5.93. The van der Waals surface area contributed by atoms with E-state index in [0.29, 0.717) is 17.4 Å². The van der Waals surface area contributed by atoms with Crippen molar-refractivity contribution in [1.82, 2.24) is 19.8 Å². The van der Waals surface area contributed by atoms with Gasteiger partial charge in [0.2, 0.25) is 5.95 Å². The van der Waals surface area contributed by atoms with Crippen LogP contribution in [0.1, 0.15) is 18.4 Å². The summed E-state index contributed by atoms with van der Waals surface area (Å²) in [6.45, 7) is 4.44. The van der Waals surface area contributed by atoms with E-state index < -0.39 is 0 Å². The molecule has 10 nitrogen and oxygen atoms in total. The highest BCUT2D eigenvalue weighted by Gasteiger charge is 2.21. The van der Waals surface area contributed by atoms with Crippen LogP contribution < -0.4 is 29.7 Å². The molecule has 2 N–H and O–H groups in total. The fourth-order valence-electron chi connectivity index (χ4n) is 4.96. The standard InChI is InChI=1S/C30H43N7O3/c1-35(2)14-9-13-31-30-33-24-17-28(40-7)27(39-6)16-22(24)29(34-30)32-18-21-12-15-37(19-21)20-23-25(36(3)4)10-8-11-26(23)38-5/h8,10-11,16-18H,9,12-15,19-20H2,1-7H3,(H2,31,32,33,34). The number of ether oxygens (including phenoxy) is 3. The van der Waals surface area contributed by atoms with Gasteiger partial charge in [0.1, 0.15) is 11.6 Å². The van der Waals surface area contributed by atoms with Crippen molar-refractivity contribution in [1.29, 1.82) is 0 Å². The number of fused-ring (bicyclic) bond motifs is 1. The van der Waals surface area contributed by atoms with Crippen LogP contribution in [0.15, 0.2) is 42.1 Å². The van der Waals surface area contributed by atoms with Crippen molar-refractivity contribution in [3.8, 4) is 17.2 Å². The van der Waals surface area contributed by atoms with Gasteiger partial charge in [0, 0.05) is 69.2 Å². The highest BCUT2D eigenvalue weighted by atomic mass is 16.5. The van der Waals surface area contributed by atoms with E-state index in [1.54, 1.807) is 21.3 Å². The minimum absolute atomic E-state index is 0.583. The Balaban J connectivity index is 1.54. The largest absolute Gasteiger partial charge is 0.496 e. The lowest BCUT2D eigenvalue weighted by molar-refractivity contribution is 0.326. The minimum atomic E-state index is 0.583. The summed E-state index contributed by atoms with van der Waals surface area (Å²) in [6, 6.07) is 10.0. The molecule has 0 amide bonds. The first-order valence-electron chi connectivity index (χ1n) is 13.6. The molecule has 0 bridgehead atoms. The third kappa shape index (κ3) is 7.05. The molecule has 0 radical (unpaired) electrons. The molecule has 2 heterocycles. The highest BCUT2D eigenvalue weighted by Crippen LogP contribution is 2.35. The van der Waals surface area contributed by atoms with Crippen LogP contribution in [0.4, 0.5) is 17.5 Å². The molecular formula is C30H43N7O3. The first-order valence-corrected chi connectivity index (χ1v) is 13.6. The number of nitrogens with zero attached hydrogens (tertiary/aromatic N) is 5. The van der Waals surface area contributed by atoms with Crippen LogP contribution in [0.2, 0.25) is 0 Å². The Morgan fingerprint density at radius 1 is 0.975 bits per heavy atom. The van der Waals surface area contributed by atoms with Crippen LogP contribution in [0, 0.1) is 0 Å². The molecule has 4 rings (SSSR count). The zero-order valence-corrected chi connectivity index (χ0v) is 24.9. The molecule has 216 valence electrons. The van der Waals surface area contributed by atoms with Crippen LogP contribution in [-0.2, 0) is 6.54 Å². The SMILES string of the molecule is COc1cc2nc(NCCCN(C)C)nc(NC=C3CCN(Cc4c(OC)cccc4N(C)C)C3)c2cc1OC. The number of rotatable bonds is 13. The van der Waals surface area contributed by atoms with Gasteiger partial charge in [0.15, 0.2) is 11.5 Å². The van der Waals surface area contributed by atoms with E-state index in [0.717, 1.165) is 68.0 Å². The van der Waals surface area contributed by atoms with Crippen molar-refractivity contribution in [2.75, 3.05) is 91.2 Å². The van der Waals surface area contributed by atoms with Gasteiger partial charge in [-0.05, 0) is 57.3 Å². The number of nitrogens with one attached hydrogen (secondary N) is 2. The lowest BCUT2D eigenvalue weighted by atomic mass is 10.1. The quantitative estimate of drug-likeness (QED) is 0.301. The molecule has 0 unspecified atom stereocenters. The summed E-state index contributed by atoms with van der Waals surface area (Å²) >= 11 is 0. The number of benzene rings is 2. The number of anilines is 3. The molecule has 1 saturated heterocycles. The molecule has 0 saturated carbocycles. The Hall–Kier alpha value is -3.76. The molecule has 2 aromatic carbocycles. The van der Waals surface area contributed by atoms with Gasteiger partial charge in [0.25, 0.3) is 0 Å². The number of methoxy groups -OCH3 is 3. The first kappa shape index (κ1) is 29.2. The van der Waals surface area contributed by atoms with Gasteiger partial charge in [-0.2, -0.15) is 4.98 Å². The molecule has 1 aliphatic heterocycles. The van der Waals surface area contributed by atoms with Crippen molar-refractivity contribution in [2.24, 2.45) is 0 Å². The topological polar surface area (TPSA) is 87.2 Å². The average Bonchev–Trinajstić information content (AvgIpc) is 3.40. The van der Waals surface area contributed by atoms with Gasteiger partial charge >= 0.3 is 0 Å². The third-order valence-corrected chi connectivity index (χ3v) is 7.05. The maximum atomic E-state index is 5.69. The van der Waals surface area contributed by atoms with Crippen molar-refractivity contribution in [2.45, 2.75) is 19.4 Å². The summed E-state index contributed by atoms with van der Waals surface area (Å²) in [5.41, 5.74) is 4.48. The van der Waals surface area contributed by atoms with Crippen molar-refractivity contribution < 1.29 is 14.2 Å². The minimum Gasteiger partial charge on any atom is -0.496 e. The summed E-state index contributed by atoms with van der Waals surface area (Å²) in [5.74, 6) is 3.51. The molecular weight excluding hydrogens is 506 g/mol. The maximum absolute atomic E-state index is 5.69. The van der Waals surface area contributed by atoms with Gasteiger partial charge < -0.3 is 34.6 Å². The number of aromatic nitrogens is 2. The monoisotopic (exact) mass is 549 g/mol. The maximum Gasteiger partial charge on any atom is 0.225 e. The zero-order valence-electron chi connectivity index (χ0n) is 24.9. The second-order valence-corrected chi connectivity index (χ2v) is 10.5. The second-order valence-electron chi connectivity index (χ2n) is 10.5. The Kier molecular flexibility index (Phi) is 9.89. The first-order chi connectivity index (χ1) is 19.3. The Morgan fingerprint density at radius 3 is 2.42 bits per heavy atom. The predicted molar refractivity (Wildman–Crippen MR) is 163 cm³/mol. The third-order valence-electron chi connectivity index (χ3n) is 7.05. The summed E-state index contributed by atoms with van der Waals surface area (Å²) in [5, 5.41) is 7.74. The fourth-order valence-corrected chi connectivity index (χ4v) is 4.96. The summed E-state index contributed by atoms with van der Waals surface area (Å²) in [4.78, 5) is 16.3. The van der Waals surface area contributed by atoms with E-state index in [1.165, 1.54) is 16.8 Å². The van der Waals surface area contributed by atoms with Gasteiger partial charge in [-0.3, -0.25) is 4.90 Å². The Bertz CT molecular complexity index is 1330. The smallest absolute Gasteiger partial charge is 0.225 e. The number of likely N-dealkylation sites (tertiary alicyclic amines) is 1. The van der Waals surface area contributed by atoms with E-state index in [9.17, 15) is 0 Å². The Labute approximate surface area is 237 Å². The normalized spacial score (nSPS) is 14.7. The molecule has 1 aliphatic rings. The lowest BCUT2D eigenvalue weighted by Crippen LogP contribution is -2.22. The van der Waals surface area contributed by atoms with E-state index in [4.69, 9.17) is 24.2 Å². The summed E-state index contributed by atoms with van der Waals surface area (Å²) in [6.07, 6.45) is 4.06. The van der Waals surface area contributed by atoms with E-state index >= 15 is 0 Å². The van der Waals surface area contributed by atoms with Gasteiger partial charge in [0.05, 0.1) is 26.8 Å². The molecule has 3 aromatic rings. The van der Waals surface area contributed by atoms with E-state index in [2.05, 4.69) is 65.8 Å². The van der Waals surface area contributed by atoms with Crippen LogP contribution in [-0.4, -0.2) is 95.5 Å². The summed E-state index contributed by atoms with van der Waals surface area (Å²) in [7, 11) is 13.3. The molecule has 40 heavy (non-hydrogen) atoms. The van der Waals surface area contributed by atoms with Crippen LogP contribution in [0.25, 0.3) is 10.9 Å². The van der Waals surface area contributed by atoms with Gasteiger partial charge in [-0.1, -0.05) is 6.07 Å². The number of hydrogen-bond acceptors (Lipinski definition) is 10. The van der Waals surface area contributed by atoms with Crippen LogP contribution in [0.5, 0.6) is 17.2 Å². The molecule has 0 spiro atoms. The van der Waals surface area contributed by atoms with E-state index in [-0.39, 0.29) is 0 Å². The van der Waals surface area contributed by atoms with Crippen molar-refractivity contribution in [3.63, 3.8) is 0 Å². The lowest BCUT2D eigenvalue weighted by Gasteiger charge is -2.23. The van der Waals surface area contributed by atoms with Gasteiger partial charge in [-0.25, -0.2) is 4.98 Å². The number of hydrogen-bond donors (Lipinski definition) is 2. The Morgan fingerprint density at radius 2 is 1.73 bits per heavy atom. The summed E-state index contributed by atoms with van der Waals surface area (Å²) < 4.78 is 16.8. The molecule has 1 aromatic heterocycles. The molecule has 0 atom stereocenters. The average molecular weight is 550 g/mol. The van der Waals surface area contributed by atoms with E-state index in [1.807, 2.05) is 24.3 Å². The van der Waals surface area contributed by atoms with Crippen LogP contribution >= 0.6 is 0 Å². The second kappa shape index (κ2) is 13.5. The fraction of sp³-hybridized carbons (Fsp3) is 0.467. The molecule has 10 heteroatoms. The molecule has 0 aliphatic carbocycles. The zero-order chi connectivity index (χ0) is 28.6. The van der Waals surface area contributed by atoms with Crippen molar-refractivity contribution in [3.05, 3.63) is 47.7 Å². The van der Waals surface area contributed by atoms with Gasteiger partial charge in [-0.15, -0.1) is 0 Å². The van der Waals surface area contributed by atoms with Crippen molar-refractivity contribution >= 4 is 28.4 Å². The molecule has 1 fully saturated rings. The van der Waals surface area contributed by atoms with Crippen LogP contribution in [0.3, 0.4) is 0 Å².